The Labute approximate surface area is 172 Å². The highest BCUT2D eigenvalue weighted by atomic mass is 32.2. The molecule has 1 saturated heterocycles. The molecule has 2 aliphatic rings. The van der Waals surface area contributed by atoms with Gasteiger partial charge in [-0.1, -0.05) is 6.07 Å². The molecule has 0 spiro atoms. The predicted molar refractivity (Wildman–Crippen MR) is 117 cm³/mol. The summed E-state index contributed by atoms with van der Waals surface area (Å²) in [7, 11) is -3.34. The van der Waals surface area contributed by atoms with E-state index < -0.39 is 10.0 Å². The van der Waals surface area contributed by atoms with E-state index in [1.165, 1.54) is 29.8 Å². The molecule has 29 heavy (non-hydrogen) atoms. The Bertz CT molecular complexity index is 996. The van der Waals surface area contributed by atoms with Crippen molar-refractivity contribution in [1.29, 1.82) is 0 Å². The topological polar surface area (TPSA) is 69.7 Å². The first-order valence-electron chi connectivity index (χ1n) is 10.2. The monoisotopic (exact) mass is 413 g/mol. The molecule has 1 amide bonds. The second-order valence-corrected chi connectivity index (χ2v) is 9.74. The summed E-state index contributed by atoms with van der Waals surface area (Å²) in [5.41, 5.74) is 3.99. The minimum atomic E-state index is -3.34. The number of nitrogens with zero attached hydrogens (tertiary/aromatic N) is 2. The second-order valence-electron chi connectivity index (χ2n) is 7.83. The first-order chi connectivity index (χ1) is 13.9. The smallest absolute Gasteiger partial charge is 0.255 e. The summed E-state index contributed by atoms with van der Waals surface area (Å²) >= 11 is 0. The van der Waals surface area contributed by atoms with Gasteiger partial charge in [0.05, 0.1) is 11.9 Å². The van der Waals surface area contributed by atoms with E-state index in [1.807, 2.05) is 36.4 Å². The molecule has 0 atom stereocenters. The lowest BCUT2D eigenvalue weighted by molar-refractivity contribution is 0.102. The van der Waals surface area contributed by atoms with E-state index in [0.29, 0.717) is 23.5 Å². The SMILES string of the molecule is CS(=O)(=O)N1CCCc2ccc(NC(=O)c3ccc(N4CCCCC4)cc3)cc21. The molecule has 2 aliphatic heterocycles. The molecule has 0 aromatic heterocycles. The van der Waals surface area contributed by atoms with Crippen LogP contribution in [0.25, 0.3) is 0 Å². The normalized spacial score (nSPS) is 17.0. The molecule has 0 saturated carbocycles. The molecule has 154 valence electrons. The number of rotatable bonds is 4. The van der Waals surface area contributed by atoms with Crippen LogP contribution in [0.15, 0.2) is 42.5 Å². The Hall–Kier alpha value is -2.54. The first kappa shape index (κ1) is 19.8. The number of carbonyl (C=O) groups excluding carboxylic acids is 1. The highest BCUT2D eigenvalue weighted by molar-refractivity contribution is 7.92. The van der Waals surface area contributed by atoms with Crippen molar-refractivity contribution in [1.82, 2.24) is 0 Å². The molecule has 1 fully saturated rings. The van der Waals surface area contributed by atoms with Crippen molar-refractivity contribution in [2.24, 2.45) is 0 Å². The van der Waals surface area contributed by atoms with Gasteiger partial charge in [0, 0.05) is 36.6 Å². The minimum absolute atomic E-state index is 0.197. The number of sulfonamides is 1. The predicted octanol–water partition coefficient (Wildman–Crippen LogP) is 3.64. The third kappa shape index (κ3) is 4.40. The molecule has 2 aromatic rings. The number of fused-ring (bicyclic) bond motifs is 1. The van der Waals surface area contributed by atoms with Crippen LogP contribution in [0.2, 0.25) is 0 Å². The van der Waals surface area contributed by atoms with Crippen LogP contribution < -0.4 is 14.5 Å². The van der Waals surface area contributed by atoms with Gasteiger partial charge in [-0.2, -0.15) is 0 Å². The summed E-state index contributed by atoms with van der Waals surface area (Å²) in [5.74, 6) is -0.197. The van der Waals surface area contributed by atoms with Crippen LogP contribution in [0.5, 0.6) is 0 Å². The molecule has 7 heteroatoms. The van der Waals surface area contributed by atoms with Crippen molar-refractivity contribution in [2.75, 3.05) is 40.4 Å². The Kier molecular flexibility index (Phi) is 5.50. The van der Waals surface area contributed by atoms with Crippen molar-refractivity contribution in [3.8, 4) is 0 Å². The second kappa shape index (κ2) is 8.06. The van der Waals surface area contributed by atoms with E-state index in [9.17, 15) is 13.2 Å². The lowest BCUT2D eigenvalue weighted by Gasteiger charge is -2.29. The van der Waals surface area contributed by atoms with Crippen molar-refractivity contribution >= 4 is 33.0 Å². The summed E-state index contributed by atoms with van der Waals surface area (Å²) in [6, 6.07) is 13.2. The van der Waals surface area contributed by atoms with E-state index in [2.05, 4.69) is 10.2 Å². The van der Waals surface area contributed by atoms with Gasteiger partial charge in [0.25, 0.3) is 5.91 Å². The van der Waals surface area contributed by atoms with Crippen molar-refractivity contribution in [2.45, 2.75) is 32.1 Å². The summed E-state index contributed by atoms with van der Waals surface area (Å²) < 4.78 is 25.6. The molecule has 0 unspecified atom stereocenters. The average Bonchev–Trinajstić information content (AvgIpc) is 2.73. The number of anilines is 3. The minimum Gasteiger partial charge on any atom is -0.372 e. The Morgan fingerprint density at radius 1 is 0.931 bits per heavy atom. The average molecular weight is 414 g/mol. The highest BCUT2D eigenvalue weighted by Gasteiger charge is 2.24. The maximum atomic E-state index is 12.7. The van der Waals surface area contributed by atoms with E-state index in [0.717, 1.165) is 37.2 Å². The van der Waals surface area contributed by atoms with Crippen LogP contribution in [-0.2, 0) is 16.4 Å². The third-order valence-corrected chi connectivity index (χ3v) is 6.85. The zero-order valence-corrected chi connectivity index (χ0v) is 17.5. The lowest BCUT2D eigenvalue weighted by atomic mass is 10.0. The van der Waals surface area contributed by atoms with Crippen LogP contribution in [0.3, 0.4) is 0 Å². The molecule has 0 aliphatic carbocycles. The fourth-order valence-corrected chi connectivity index (χ4v) is 5.13. The number of nitrogens with one attached hydrogen (secondary N) is 1. The van der Waals surface area contributed by atoms with Gasteiger partial charge in [0.2, 0.25) is 10.0 Å². The highest BCUT2D eigenvalue weighted by Crippen LogP contribution is 2.32. The third-order valence-electron chi connectivity index (χ3n) is 5.67. The molecule has 2 aromatic carbocycles. The fraction of sp³-hybridized carbons (Fsp3) is 0.409. The van der Waals surface area contributed by atoms with Crippen molar-refractivity contribution < 1.29 is 13.2 Å². The maximum absolute atomic E-state index is 12.7. The van der Waals surface area contributed by atoms with Gasteiger partial charge in [0.1, 0.15) is 0 Å². The van der Waals surface area contributed by atoms with Crippen LogP contribution in [0, 0.1) is 0 Å². The quantitative estimate of drug-likeness (QED) is 0.831. The number of hydrogen-bond donors (Lipinski definition) is 1. The van der Waals surface area contributed by atoms with Crippen LogP contribution in [0.4, 0.5) is 17.1 Å². The molecular weight excluding hydrogens is 386 g/mol. The zero-order chi connectivity index (χ0) is 20.4. The number of amides is 1. The number of hydrogen-bond acceptors (Lipinski definition) is 4. The Balaban J connectivity index is 1.50. The fourth-order valence-electron chi connectivity index (χ4n) is 4.14. The lowest BCUT2D eigenvalue weighted by Crippen LogP contribution is -2.34. The molecule has 0 bridgehead atoms. The van der Waals surface area contributed by atoms with E-state index in [-0.39, 0.29) is 5.91 Å². The summed E-state index contributed by atoms with van der Waals surface area (Å²) in [5, 5.41) is 2.91. The summed E-state index contributed by atoms with van der Waals surface area (Å²) in [6.07, 6.45) is 6.57. The number of piperidine rings is 1. The van der Waals surface area contributed by atoms with Gasteiger partial charge in [-0.25, -0.2) is 8.42 Å². The van der Waals surface area contributed by atoms with Gasteiger partial charge >= 0.3 is 0 Å². The van der Waals surface area contributed by atoms with Crippen molar-refractivity contribution in [3.05, 3.63) is 53.6 Å². The van der Waals surface area contributed by atoms with Gasteiger partial charge in [-0.3, -0.25) is 9.10 Å². The van der Waals surface area contributed by atoms with Gasteiger partial charge in [0.15, 0.2) is 0 Å². The summed E-state index contributed by atoms with van der Waals surface area (Å²) in [4.78, 5) is 15.0. The van der Waals surface area contributed by atoms with Crippen LogP contribution in [0.1, 0.15) is 41.6 Å². The molecule has 6 nitrogen and oxygen atoms in total. The first-order valence-corrected chi connectivity index (χ1v) is 12.0. The molecule has 1 N–H and O–H groups in total. The largest absolute Gasteiger partial charge is 0.372 e. The van der Waals surface area contributed by atoms with E-state index in [4.69, 9.17) is 0 Å². The molecule has 4 rings (SSSR count). The van der Waals surface area contributed by atoms with Crippen LogP contribution in [-0.4, -0.2) is 40.2 Å². The summed E-state index contributed by atoms with van der Waals surface area (Å²) in [6.45, 7) is 2.61. The van der Waals surface area contributed by atoms with Gasteiger partial charge in [-0.05, 0) is 74.1 Å². The number of benzene rings is 2. The number of carbonyl (C=O) groups is 1. The molecular formula is C22H27N3O3S. The molecule has 0 radical (unpaired) electrons. The standard InChI is InChI=1S/C22H27N3O3S/c1-29(27,28)25-15-5-6-17-7-10-19(16-21(17)25)23-22(26)18-8-11-20(12-9-18)24-13-3-2-4-14-24/h7-12,16H,2-6,13-15H2,1H3,(H,23,26). The number of aryl methyl sites for hydroxylation is 1. The van der Waals surface area contributed by atoms with E-state index >= 15 is 0 Å². The molecule has 2 heterocycles. The van der Waals surface area contributed by atoms with Crippen molar-refractivity contribution in [3.63, 3.8) is 0 Å². The zero-order valence-electron chi connectivity index (χ0n) is 16.7. The van der Waals surface area contributed by atoms with Gasteiger partial charge < -0.3 is 10.2 Å². The van der Waals surface area contributed by atoms with Gasteiger partial charge in [-0.15, -0.1) is 0 Å². The Morgan fingerprint density at radius 2 is 1.66 bits per heavy atom. The Morgan fingerprint density at radius 3 is 2.34 bits per heavy atom. The maximum Gasteiger partial charge on any atom is 0.255 e. The van der Waals surface area contributed by atoms with Crippen LogP contribution >= 0.6 is 0 Å². The van der Waals surface area contributed by atoms with E-state index in [1.54, 1.807) is 6.07 Å².